The minimum absolute atomic E-state index is 0.255. The van der Waals surface area contributed by atoms with Crippen LogP contribution in [0.15, 0.2) is 24.3 Å². The summed E-state index contributed by atoms with van der Waals surface area (Å²) < 4.78 is 11.1. The number of ether oxygens (including phenoxy) is 2. The topological polar surface area (TPSA) is 21.7 Å². The Morgan fingerprint density at radius 3 is 2.00 bits per heavy atom. The molecule has 1 aromatic rings. The van der Waals surface area contributed by atoms with E-state index in [2.05, 4.69) is 32.6 Å². The first-order valence-electron chi connectivity index (χ1n) is 7.90. The molecule has 0 amide bonds. The Balaban J connectivity index is 1.91. The van der Waals surface area contributed by atoms with E-state index in [-0.39, 0.29) is 11.1 Å². The van der Waals surface area contributed by atoms with Gasteiger partial charge in [-0.1, -0.05) is 0 Å². The zero-order valence-corrected chi connectivity index (χ0v) is 14.1. The van der Waals surface area contributed by atoms with Crippen LogP contribution in [0.2, 0.25) is 0 Å². The molecule has 0 atom stereocenters. The van der Waals surface area contributed by atoms with Gasteiger partial charge in [-0.25, -0.2) is 0 Å². The molecule has 0 radical (unpaired) electrons. The summed E-state index contributed by atoms with van der Waals surface area (Å²) in [5, 5.41) is 0. The van der Waals surface area contributed by atoms with E-state index in [1.165, 1.54) is 19.3 Å². The highest BCUT2D eigenvalue weighted by molar-refractivity contribution is 5.31. The maximum absolute atomic E-state index is 5.90. The summed E-state index contributed by atoms with van der Waals surface area (Å²) >= 11 is 0. The van der Waals surface area contributed by atoms with Crippen LogP contribution in [0.4, 0.5) is 0 Å². The fourth-order valence-electron chi connectivity index (χ4n) is 3.57. The largest absolute Gasteiger partial charge is 0.497 e. The Bertz CT molecular complexity index is 435. The van der Waals surface area contributed by atoms with E-state index < -0.39 is 0 Å². The van der Waals surface area contributed by atoms with E-state index in [0.717, 1.165) is 24.7 Å². The lowest BCUT2D eigenvalue weighted by atomic mass is 9.80. The molecule has 3 heteroatoms. The van der Waals surface area contributed by atoms with Crippen molar-refractivity contribution >= 4 is 0 Å². The van der Waals surface area contributed by atoms with Crippen molar-refractivity contribution in [3.63, 3.8) is 0 Å². The van der Waals surface area contributed by atoms with Gasteiger partial charge in [-0.2, -0.15) is 0 Å². The fourth-order valence-corrected chi connectivity index (χ4v) is 3.57. The molecule has 1 aromatic carbocycles. The van der Waals surface area contributed by atoms with Crippen molar-refractivity contribution in [2.45, 2.75) is 58.0 Å². The summed E-state index contributed by atoms with van der Waals surface area (Å²) in [5.74, 6) is 1.77. The number of methoxy groups -OCH3 is 1. The smallest absolute Gasteiger partial charge is 0.119 e. The summed E-state index contributed by atoms with van der Waals surface area (Å²) in [6.45, 7) is 11.1. The standard InChI is InChI=1S/C18H29NO2/c1-17(2)11-6-12-18(3,4)19(17)13-14-21-16-9-7-15(20-5)8-10-16/h7-10H,6,11-14H2,1-5H3. The Kier molecular flexibility index (Phi) is 4.82. The van der Waals surface area contributed by atoms with Gasteiger partial charge in [-0.15, -0.1) is 0 Å². The molecule has 1 heterocycles. The Hall–Kier alpha value is -1.22. The third-order valence-electron chi connectivity index (χ3n) is 4.68. The lowest BCUT2D eigenvalue weighted by Gasteiger charge is -2.53. The molecular formula is C18H29NO2. The normalized spacial score (nSPS) is 21.0. The van der Waals surface area contributed by atoms with Gasteiger partial charge in [0.1, 0.15) is 18.1 Å². The lowest BCUT2D eigenvalue weighted by Crippen LogP contribution is -2.59. The molecule has 1 aliphatic rings. The van der Waals surface area contributed by atoms with E-state index in [9.17, 15) is 0 Å². The van der Waals surface area contributed by atoms with Crippen LogP contribution in [0.1, 0.15) is 47.0 Å². The van der Waals surface area contributed by atoms with Crippen LogP contribution in [-0.4, -0.2) is 36.2 Å². The van der Waals surface area contributed by atoms with Crippen molar-refractivity contribution in [2.75, 3.05) is 20.3 Å². The molecule has 2 rings (SSSR count). The van der Waals surface area contributed by atoms with Crippen LogP contribution in [0.5, 0.6) is 11.5 Å². The molecule has 1 fully saturated rings. The maximum Gasteiger partial charge on any atom is 0.119 e. The Labute approximate surface area is 129 Å². The van der Waals surface area contributed by atoms with Crippen molar-refractivity contribution in [2.24, 2.45) is 0 Å². The van der Waals surface area contributed by atoms with Gasteiger partial charge in [-0.05, 0) is 71.2 Å². The highest BCUT2D eigenvalue weighted by Gasteiger charge is 2.40. The molecule has 1 saturated heterocycles. The minimum Gasteiger partial charge on any atom is -0.497 e. The van der Waals surface area contributed by atoms with E-state index >= 15 is 0 Å². The average molecular weight is 291 g/mol. The van der Waals surface area contributed by atoms with Crippen LogP contribution in [0.3, 0.4) is 0 Å². The van der Waals surface area contributed by atoms with Crippen LogP contribution in [-0.2, 0) is 0 Å². The van der Waals surface area contributed by atoms with E-state index in [4.69, 9.17) is 9.47 Å². The number of benzene rings is 1. The number of hydrogen-bond acceptors (Lipinski definition) is 3. The van der Waals surface area contributed by atoms with Gasteiger partial charge in [-0.3, -0.25) is 4.90 Å². The first-order chi connectivity index (χ1) is 9.85. The summed E-state index contributed by atoms with van der Waals surface area (Å²) in [6.07, 6.45) is 3.84. The molecule has 0 N–H and O–H groups in total. The Morgan fingerprint density at radius 2 is 1.48 bits per heavy atom. The summed E-state index contributed by atoms with van der Waals surface area (Å²) in [6, 6.07) is 7.80. The third-order valence-corrected chi connectivity index (χ3v) is 4.68. The zero-order valence-electron chi connectivity index (χ0n) is 14.1. The highest BCUT2D eigenvalue weighted by atomic mass is 16.5. The molecule has 0 spiro atoms. The molecule has 0 aromatic heterocycles. The lowest BCUT2D eigenvalue weighted by molar-refractivity contribution is -0.0340. The summed E-state index contributed by atoms with van der Waals surface area (Å²) in [7, 11) is 1.68. The third kappa shape index (κ3) is 3.91. The minimum atomic E-state index is 0.255. The van der Waals surface area contributed by atoms with Crippen molar-refractivity contribution in [3.05, 3.63) is 24.3 Å². The number of nitrogens with zero attached hydrogens (tertiary/aromatic N) is 1. The number of rotatable bonds is 5. The molecule has 1 aliphatic heterocycles. The molecule has 21 heavy (non-hydrogen) atoms. The van der Waals surface area contributed by atoms with E-state index in [0.29, 0.717) is 0 Å². The van der Waals surface area contributed by atoms with Crippen LogP contribution >= 0.6 is 0 Å². The zero-order chi connectivity index (χ0) is 15.5. The average Bonchev–Trinajstić information content (AvgIpc) is 2.42. The first-order valence-corrected chi connectivity index (χ1v) is 7.90. The van der Waals surface area contributed by atoms with Crippen molar-refractivity contribution in [1.82, 2.24) is 4.90 Å². The molecule has 0 bridgehead atoms. The van der Waals surface area contributed by atoms with Gasteiger partial charge >= 0.3 is 0 Å². The molecule has 0 saturated carbocycles. The van der Waals surface area contributed by atoms with E-state index in [1.807, 2.05) is 24.3 Å². The molecule has 0 aliphatic carbocycles. The maximum atomic E-state index is 5.90. The van der Waals surface area contributed by atoms with Crippen LogP contribution < -0.4 is 9.47 Å². The first kappa shape index (κ1) is 16.2. The molecule has 3 nitrogen and oxygen atoms in total. The van der Waals surface area contributed by atoms with Crippen LogP contribution in [0.25, 0.3) is 0 Å². The predicted octanol–water partition coefficient (Wildman–Crippen LogP) is 4.12. The Morgan fingerprint density at radius 1 is 0.952 bits per heavy atom. The molecule has 118 valence electrons. The van der Waals surface area contributed by atoms with Crippen LogP contribution in [0, 0.1) is 0 Å². The fraction of sp³-hybridized carbons (Fsp3) is 0.667. The van der Waals surface area contributed by atoms with Gasteiger partial charge in [0.15, 0.2) is 0 Å². The van der Waals surface area contributed by atoms with Gasteiger partial charge in [0.25, 0.3) is 0 Å². The second kappa shape index (κ2) is 6.27. The second-order valence-electron chi connectivity index (χ2n) is 7.15. The highest BCUT2D eigenvalue weighted by Crippen LogP contribution is 2.37. The predicted molar refractivity (Wildman–Crippen MR) is 87.2 cm³/mol. The van der Waals surface area contributed by atoms with Gasteiger partial charge in [0.2, 0.25) is 0 Å². The van der Waals surface area contributed by atoms with Crippen molar-refractivity contribution in [1.29, 1.82) is 0 Å². The second-order valence-corrected chi connectivity index (χ2v) is 7.15. The molecule has 0 unspecified atom stereocenters. The molecular weight excluding hydrogens is 262 g/mol. The number of piperidine rings is 1. The van der Waals surface area contributed by atoms with Gasteiger partial charge in [0.05, 0.1) is 7.11 Å². The monoisotopic (exact) mass is 291 g/mol. The SMILES string of the molecule is COc1ccc(OCCN2C(C)(C)CCCC2(C)C)cc1. The van der Waals surface area contributed by atoms with Crippen molar-refractivity contribution in [3.8, 4) is 11.5 Å². The summed E-state index contributed by atoms with van der Waals surface area (Å²) in [4.78, 5) is 2.60. The quantitative estimate of drug-likeness (QED) is 0.814. The number of likely N-dealkylation sites (tertiary alicyclic amines) is 1. The van der Waals surface area contributed by atoms with Gasteiger partial charge < -0.3 is 9.47 Å². The van der Waals surface area contributed by atoms with Crippen molar-refractivity contribution < 1.29 is 9.47 Å². The number of hydrogen-bond donors (Lipinski definition) is 0. The summed E-state index contributed by atoms with van der Waals surface area (Å²) in [5.41, 5.74) is 0.510. The van der Waals surface area contributed by atoms with E-state index in [1.54, 1.807) is 7.11 Å². The van der Waals surface area contributed by atoms with Gasteiger partial charge in [0, 0.05) is 17.6 Å².